The van der Waals surface area contributed by atoms with Gasteiger partial charge in [0.2, 0.25) is 0 Å². The van der Waals surface area contributed by atoms with E-state index in [0.29, 0.717) is 19.6 Å². The number of nitrogens with zero attached hydrogens (tertiary/aromatic N) is 2. The fraction of sp³-hybridized carbons (Fsp3) is 0.455. The predicted octanol–water partition coefficient (Wildman–Crippen LogP) is 0.179. The molecule has 0 amide bonds. The molecular weight excluding hydrogens is 238 g/mol. The number of hydrogen-bond donors (Lipinski definition) is 1. The van der Waals surface area contributed by atoms with Crippen LogP contribution in [-0.4, -0.2) is 44.3 Å². The topological polar surface area (TPSA) is 66.6 Å². The highest BCUT2D eigenvalue weighted by Crippen LogP contribution is 2.25. The van der Waals surface area contributed by atoms with Crippen molar-refractivity contribution in [1.82, 2.24) is 9.21 Å². The van der Waals surface area contributed by atoms with Gasteiger partial charge in [-0.25, -0.2) is 5.14 Å². The molecule has 1 aliphatic rings. The molecule has 0 bridgehead atoms. The Bertz CT molecular complexity index is 475. The first-order chi connectivity index (χ1) is 7.98. The van der Waals surface area contributed by atoms with Crippen LogP contribution in [0.15, 0.2) is 30.3 Å². The van der Waals surface area contributed by atoms with Crippen LogP contribution in [0.1, 0.15) is 11.6 Å². The van der Waals surface area contributed by atoms with E-state index in [1.807, 2.05) is 37.4 Å². The molecule has 0 aromatic heterocycles. The van der Waals surface area contributed by atoms with Crippen molar-refractivity contribution >= 4 is 10.2 Å². The van der Waals surface area contributed by atoms with Crippen molar-refractivity contribution in [2.45, 2.75) is 6.04 Å². The van der Waals surface area contributed by atoms with Gasteiger partial charge in [0.25, 0.3) is 10.2 Å². The predicted molar refractivity (Wildman–Crippen MR) is 66.5 cm³/mol. The minimum absolute atomic E-state index is 0.190. The smallest absolute Gasteiger partial charge is 0.277 e. The summed E-state index contributed by atoms with van der Waals surface area (Å²) in [7, 11) is -1.66. The van der Waals surface area contributed by atoms with E-state index in [-0.39, 0.29) is 6.04 Å². The number of rotatable bonds is 2. The minimum Gasteiger partial charge on any atom is -0.303 e. The molecule has 0 unspecified atom stereocenters. The van der Waals surface area contributed by atoms with E-state index in [2.05, 4.69) is 4.90 Å². The third kappa shape index (κ3) is 2.84. The highest BCUT2D eigenvalue weighted by molar-refractivity contribution is 7.86. The average molecular weight is 255 g/mol. The van der Waals surface area contributed by atoms with E-state index < -0.39 is 10.2 Å². The van der Waals surface area contributed by atoms with Gasteiger partial charge in [0.15, 0.2) is 0 Å². The van der Waals surface area contributed by atoms with Gasteiger partial charge in [-0.05, 0) is 12.6 Å². The Morgan fingerprint density at radius 1 is 1.24 bits per heavy atom. The van der Waals surface area contributed by atoms with Gasteiger partial charge in [-0.15, -0.1) is 0 Å². The second-order valence-corrected chi connectivity index (χ2v) is 5.84. The first-order valence-electron chi connectivity index (χ1n) is 5.51. The second-order valence-electron chi connectivity index (χ2n) is 4.34. The van der Waals surface area contributed by atoms with Gasteiger partial charge in [0, 0.05) is 19.6 Å². The lowest BCUT2D eigenvalue weighted by atomic mass is 10.1. The lowest BCUT2D eigenvalue weighted by Crippen LogP contribution is -2.51. The van der Waals surface area contributed by atoms with Crippen LogP contribution in [0.5, 0.6) is 0 Å². The Kier molecular flexibility index (Phi) is 3.48. The maximum atomic E-state index is 11.6. The molecule has 1 saturated heterocycles. The van der Waals surface area contributed by atoms with Crippen LogP contribution < -0.4 is 5.14 Å². The van der Waals surface area contributed by atoms with Crippen molar-refractivity contribution in [3.63, 3.8) is 0 Å². The molecule has 1 aromatic rings. The van der Waals surface area contributed by atoms with Gasteiger partial charge in [-0.1, -0.05) is 30.3 Å². The lowest BCUT2D eigenvalue weighted by Gasteiger charge is -2.38. The van der Waals surface area contributed by atoms with E-state index in [0.717, 1.165) is 5.56 Å². The second kappa shape index (κ2) is 4.73. The van der Waals surface area contributed by atoms with Crippen molar-refractivity contribution in [2.24, 2.45) is 5.14 Å². The largest absolute Gasteiger partial charge is 0.303 e. The molecule has 0 spiro atoms. The molecular formula is C11H17N3O2S. The average Bonchev–Trinajstić information content (AvgIpc) is 2.28. The quantitative estimate of drug-likeness (QED) is 0.819. The molecule has 94 valence electrons. The number of hydrogen-bond acceptors (Lipinski definition) is 3. The SMILES string of the molecule is CN1CCN(S(N)(=O)=O)[C@H](c2ccccc2)C1. The van der Waals surface area contributed by atoms with Gasteiger partial charge in [0.1, 0.15) is 0 Å². The Labute approximate surface area is 102 Å². The summed E-state index contributed by atoms with van der Waals surface area (Å²) in [6, 6.07) is 9.41. The maximum Gasteiger partial charge on any atom is 0.277 e. The van der Waals surface area contributed by atoms with E-state index in [4.69, 9.17) is 5.14 Å². The third-order valence-corrected chi connectivity index (χ3v) is 4.14. The van der Waals surface area contributed by atoms with Crippen LogP contribution in [0.2, 0.25) is 0 Å². The standard InChI is InChI=1S/C11H17N3O2S/c1-13-7-8-14(17(12,15)16)11(9-13)10-5-3-2-4-6-10/h2-6,11H,7-9H2,1H3,(H2,12,15,16)/t11-/m0/s1. The van der Waals surface area contributed by atoms with Crippen molar-refractivity contribution in [1.29, 1.82) is 0 Å². The van der Waals surface area contributed by atoms with Gasteiger partial charge in [-0.3, -0.25) is 0 Å². The lowest BCUT2D eigenvalue weighted by molar-refractivity contribution is 0.161. The highest BCUT2D eigenvalue weighted by atomic mass is 32.2. The molecule has 5 nitrogen and oxygen atoms in total. The molecule has 2 N–H and O–H groups in total. The molecule has 1 aliphatic heterocycles. The zero-order valence-corrected chi connectivity index (χ0v) is 10.6. The highest BCUT2D eigenvalue weighted by Gasteiger charge is 2.32. The normalized spacial score (nSPS) is 23.8. The molecule has 1 fully saturated rings. The van der Waals surface area contributed by atoms with Gasteiger partial charge < -0.3 is 4.90 Å². The van der Waals surface area contributed by atoms with Crippen molar-refractivity contribution in [2.75, 3.05) is 26.7 Å². The first-order valence-corrected chi connectivity index (χ1v) is 7.02. The Hall–Kier alpha value is -0.950. The van der Waals surface area contributed by atoms with Gasteiger partial charge in [-0.2, -0.15) is 12.7 Å². The van der Waals surface area contributed by atoms with Crippen LogP contribution in [0, 0.1) is 0 Å². The number of likely N-dealkylation sites (N-methyl/N-ethyl adjacent to an activating group) is 1. The van der Waals surface area contributed by atoms with Crippen molar-refractivity contribution in [3.05, 3.63) is 35.9 Å². The van der Waals surface area contributed by atoms with E-state index in [1.165, 1.54) is 4.31 Å². The van der Waals surface area contributed by atoms with Crippen molar-refractivity contribution in [3.8, 4) is 0 Å². The summed E-state index contributed by atoms with van der Waals surface area (Å²) in [5.74, 6) is 0. The molecule has 1 atom stereocenters. The van der Waals surface area contributed by atoms with Crippen LogP contribution in [-0.2, 0) is 10.2 Å². The summed E-state index contributed by atoms with van der Waals surface area (Å²) in [4.78, 5) is 2.11. The van der Waals surface area contributed by atoms with Gasteiger partial charge >= 0.3 is 0 Å². The summed E-state index contributed by atoms with van der Waals surface area (Å²) in [6.45, 7) is 1.81. The zero-order chi connectivity index (χ0) is 12.5. The fourth-order valence-corrected chi connectivity index (χ4v) is 3.03. The number of nitrogens with two attached hydrogens (primary N) is 1. The molecule has 17 heavy (non-hydrogen) atoms. The number of piperazine rings is 1. The van der Waals surface area contributed by atoms with E-state index in [1.54, 1.807) is 0 Å². The monoisotopic (exact) mass is 255 g/mol. The fourth-order valence-electron chi connectivity index (χ4n) is 2.15. The molecule has 6 heteroatoms. The minimum atomic E-state index is -3.64. The van der Waals surface area contributed by atoms with Crippen LogP contribution in [0.3, 0.4) is 0 Å². The molecule has 1 aromatic carbocycles. The molecule has 0 saturated carbocycles. The van der Waals surface area contributed by atoms with Gasteiger partial charge in [0.05, 0.1) is 6.04 Å². The molecule has 2 rings (SSSR count). The Balaban J connectivity index is 2.33. The summed E-state index contributed by atoms with van der Waals surface area (Å²) in [5, 5.41) is 5.26. The zero-order valence-electron chi connectivity index (χ0n) is 9.78. The molecule has 0 aliphatic carbocycles. The van der Waals surface area contributed by atoms with Crippen LogP contribution in [0.25, 0.3) is 0 Å². The first kappa shape index (κ1) is 12.5. The van der Waals surface area contributed by atoms with Crippen LogP contribution in [0.4, 0.5) is 0 Å². The van der Waals surface area contributed by atoms with Crippen molar-refractivity contribution < 1.29 is 8.42 Å². The van der Waals surface area contributed by atoms with E-state index in [9.17, 15) is 8.42 Å². The summed E-state index contributed by atoms with van der Waals surface area (Å²) >= 11 is 0. The third-order valence-electron chi connectivity index (χ3n) is 3.05. The van der Waals surface area contributed by atoms with Crippen LogP contribution >= 0.6 is 0 Å². The summed E-state index contributed by atoms with van der Waals surface area (Å²) in [6.07, 6.45) is 0. The maximum absolute atomic E-state index is 11.6. The Morgan fingerprint density at radius 2 is 1.88 bits per heavy atom. The summed E-state index contributed by atoms with van der Waals surface area (Å²) < 4.78 is 24.5. The Morgan fingerprint density at radius 3 is 2.47 bits per heavy atom. The molecule has 0 radical (unpaired) electrons. The molecule has 1 heterocycles. The summed E-state index contributed by atoms with van der Waals surface area (Å²) in [5.41, 5.74) is 0.980. The number of benzene rings is 1. The van der Waals surface area contributed by atoms with E-state index >= 15 is 0 Å².